The van der Waals surface area contributed by atoms with Crippen LogP contribution in [0.5, 0.6) is 0 Å². The van der Waals surface area contributed by atoms with Crippen LogP contribution in [0.25, 0.3) is 0 Å². The van der Waals surface area contributed by atoms with Gasteiger partial charge in [0.15, 0.2) is 0 Å². The first-order chi connectivity index (χ1) is 8.84. The summed E-state index contributed by atoms with van der Waals surface area (Å²) in [5.74, 6) is 1.13. The fourth-order valence-corrected chi connectivity index (χ4v) is 2.86. The van der Waals surface area contributed by atoms with Gasteiger partial charge in [-0.15, -0.1) is 0 Å². The smallest absolute Gasteiger partial charge is 0.131 e. The standard InChI is InChI=1S/C14H21N3O/c1-11-9-12(13-3-2-4-15-13)10-16-14(11)17-5-7-18-8-6-17/h9-10,13,15H,2-8H2,1H3. The van der Waals surface area contributed by atoms with Gasteiger partial charge in [-0.1, -0.05) is 0 Å². The zero-order valence-corrected chi connectivity index (χ0v) is 11.0. The predicted octanol–water partition coefficient (Wildman–Crippen LogP) is 1.65. The van der Waals surface area contributed by atoms with Crippen LogP contribution in [0.1, 0.15) is 30.0 Å². The van der Waals surface area contributed by atoms with E-state index in [0.717, 1.165) is 38.7 Å². The highest BCUT2D eigenvalue weighted by Gasteiger charge is 2.19. The molecule has 0 amide bonds. The minimum Gasteiger partial charge on any atom is -0.378 e. The minimum atomic E-state index is 0.509. The van der Waals surface area contributed by atoms with Gasteiger partial charge < -0.3 is 15.0 Å². The van der Waals surface area contributed by atoms with E-state index in [-0.39, 0.29) is 0 Å². The Morgan fingerprint density at radius 3 is 2.89 bits per heavy atom. The molecule has 1 atom stereocenters. The maximum atomic E-state index is 5.39. The van der Waals surface area contributed by atoms with Crippen molar-refractivity contribution in [1.82, 2.24) is 10.3 Å². The van der Waals surface area contributed by atoms with Gasteiger partial charge >= 0.3 is 0 Å². The average molecular weight is 247 g/mol. The number of ether oxygens (including phenoxy) is 1. The SMILES string of the molecule is Cc1cc(C2CCCN2)cnc1N1CCOCC1. The normalized spacial score (nSPS) is 24.5. The Morgan fingerprint density at radius 1 is 1.39 bits per heavy atom. The van der Waals surface area contributed by atoms with Gasteiger partial charge in [-0.25, -0.2) is 4.98 Å². The number of morpholine rings is 1. The Bertz CT molecular complexity index is 410. The van der Waals surface area contributed by atoms with E-state index in [4.69, 9.17) is 4.74 Å². The molecule has 2 saturated heterocycles. The number of nitrogens with zero attached hydrogens (tertiary/aromatic N) is 2. The summed E-state index contributed by atoms with van der Waals surface area (Å²) >= 11 is 0. The van der Waals surface area contributed by atoms with Crippen LogP contribution in [0, 0.1) is 6.92 Å². The van der Waals surface area contributed by atoms with Gasteiger partial charge in [0.2, 0.25) is 0 Å². The van der Waals surface area contributed by atoms with Gasteiger partial charge in [0.25, 0.3) is 0 Å². The minimum absolute atomic E-state index is 0.509. The van der Waals surface area contributed by atoms with Crippen LogP contribution >= 0.6 is 0 Å². The maximum absolute atomic E-state index is 5.39. The molecule has 0 spiro atoms. The molecule has 3 heterocycles. The van der Waals surface area contributed by atoms with E-state index in [2.05, 4.69) is 28.2 Å². The number of rotatable bonds is 2. The Hall–Kier alpha value is -1.13. The van der Waals surface area contributed by atoms with Crippen LogP contribution in [-0.2, 0) is 4.74 Å². The summed E-state index contributed by atoms with van der Waals surface area (Å²) in [6, 6.07) is 2.80. The summed E-state index contributed by atoms with van der Waals surface area (Å²) in [6.07, 6.45) is 4.55. The molecule has 0 aromatic carbocycles. The number of nitrogens with one attached hydrogen (secondary N) is 1. The molecule has 0 radical (unpaired) electrons. The lowest BCUT2D eigenvalue weighted by Gasteiger charge is -2.29. The van der Waals surface area contributed by atoms with Crippen molar-refractivity contribution in [2.45, 2.75) is 25.8 Å². The largest absolute Gasteiger partial charge is 0.378 e. The average Bonchev–Trinajstić information content (AvgIpc) is 2.93. The van der Waals surface area contributed by atoms with Gasteiger partial charge in [0, 0.05) is 25.3 Å². The lowest BCUT2D eigenvalue weighted by molar-refractivity contribution is 0.122. The second kappa shape index (κ2) is 5.24. The van der Waals surface area contributed by atoms with Crippen LogP contribution in [0.4, 0.5) is 5.82 Å². The third-order valence-corrected chi connectivity index (χ3v) is 3.85. The molecule has 1 N–H and O–H groups in total. The van der Waals surface area contributed by atoms with Crippen LogP contribution in [0.3, 0.4) is 0 Å². The highest BCUT2D eigenvalue weighted by atomic mass is 16.5. The lowest BCUT2D eigenvalue weighted by Crippen LogP contribution is -2.37. The Kier molecular flexibility index (Phi) is 3.48. The van der Waals surface area contributed by atoms with E-state index in [9.17, 15) is 0 Å². The molecule has 2 aliphatic rings. The van der Waals surface area contributed by atoms with Crippen LogP contribution < -0.4 is 10.2 Å². The Labute approximate surface area is 108 Å². The molecule has 98 valence electrons. The highest BCUT2D eigenvalue weighted by Crippen LogP contribution is 2.26. The molecule has 1 aromatic rings. The number of hydrogen-bond acceptors (Lipinski definition) is 4. The number of aryl methyl sites for hydroxylation is 1. The number of aromatic nitrogens is 1. The van der Waals surface area contributed by atoms with E-state index in [0.29, 0.717) is 6.04 Å². The van der Waals surface area contributed by atoms with E-state index in [1.807, 2.05) is 6.20 Å². The van der Waals surface area contributed by atoms with Gasteiger partial charge in [0.1, 0.15) is 5.82 Å². The van der Waals surface area contributed by atoms with Crippen LogP contribution in [-0.4, -0.2) is 37.8 Å². The third kappa shape index (κ3) is 2.35. The fourth-order valence-electron chi connectivity index (χ4n) is 2.86. The zero-order chi connectivity index (χ0) is 12.4. The molecule has 4 heteroatoms. The molecule has 2 aliphatic heterocycles. The van der Waals surface area contributed by atoms with Crippen molar-refractivity contribution in [2.24, 2.45) is 0 Å². The van der Waals surface area contributed by atoms with E-state index < -0.39 is 0 Å². The summed E-state index contributed by atoms with van der Waals surface area (Å²) in [7, 11) is 0. The summed E-state index contributed by atoms with van der Waals surface area (Å²) in [5.41, 5.74) is 2.62. The summed E-state index contributed by atoms with van der Waals surface area (Å²) in [5, 5.41) is 3.53. The quantitative estimate of drug-likeness (QED) is 0.862. The fraction of sp³-hybridized carbons (Fsp3) is 0.643. The van der Waals surface area contributed by atoms with Crippen LogP contribution in [0.2, 0.25) is 0 Å². The number of anilines is 1. The van der Waals surface area contributed by atoms with Crippen molar-refractivity contribution in [2.75, 3.05) is 37.7 Å². The molecule has 0 aliphatic carbocycles. The number of pyridine rings is 1. The van der Waals surface area contributed by atoms with Crippen molar-refractivity contribution >= 4 is 5.82 Å². The predicted molar refractivity (Wildman–Crippen MR) is 72.0 cm³/mol. The maximum Gasteiger partial charge on any atom is 0.131 e. The first kappa shape index (κ1) is 11.9. The van der Waals surface area contributed by atoms with Gasteiger partial charge in [-0.05, 0) is 43.5 Å². The topological polar surface area (TPSA) is 37.4 Å². The second-order valence-electron chi connectivity index (χ2n) is 5.16. The van der Waals surface area contributed by atoms with Gasteiger partial charge in [-0.3, -0.25) is 0 Å². The monoisotopic (exact) mass is 247 g/mol. The Morgan fingerprint density at radius 2 is 2.22 bits per heavy atom. The highest BCUT2D eigenvalue weighted by molar-refractivity contribution is 5.48. The molecule has 1 aromatic heterocycles. The molecular weight excluding hydrogens is 226 g/mol. The van der Waals surface area contributed by atoms with E-state index in [1.165, 1.54) is 24.0 Å². The van der Waals surface area contributed by atoms with Crippen molar-refractivity contribution in [3.8, 4) is 0 Å². The van der Waals surface area contributed by atoms with Crippen molar-refractivity contribution in [1.29, 1.82) is 0 Å². The van der Waals surface area contributed by atoms with E-state index >= 15 is 0 Å². The van der Waals surface area contributed by atoms with Gasteiger partial charge in [-0.2, -0.15) is 0 Å². The zero-order valence-electron chi connectivity index (χ0n) is 11.0. The molecule has 3 rings (SSSR count). The lowest BCUT2D eigenvalue weighted by atomic mass is 10.1. The first-order valence-corrected chi connectivity index (χ1v) is 6.87. The Balaban J connectivity index is 1.79. The van der Waals surface area contributed by atoms with E-state index in [1.54, 1.807) is 0 Å². The first-order valence-electron chi connectivity index (χ1n) is 6.87. The molecule has 1 unspecified atom stereocenters. The van der Waals surface area contributed by atoms with Crippen molar-refractivity contribution in [3.05, 3.63) is 23.4 Å². The molecule has 18 heavy (non-hydrogen) atoms. The van der Waals surface area contributed by atoms with Crippen molar-refractivity contribution in [3.63, 3.8) is 0 Å². The summed E-state index contributed by atoms with van der Waals surface area (Å²) in [6.45, 7) is 6.83. The molecular formula is C14H21N3O. The second-order valence-corrected chi connectivity index (χ2v) is 5.16. The molecule has 2 fully saturated rings. The van der Waals surface area contributed by atoms with Crippen molar-refractivity contribution < 1.29 is 4.74 Å². The molecule has 0 bridgehead atoms. The molecule has 4 nitrogen and oxygen atoms in total. The van der Waals surface area contributed by atoms with Gasteiger partial charge in [0.05, 0.1) is 13.2 Å². The number of hydrogen-bond donors (Lipinski definition) is 1. The summed E-state index contributed by atoms with van der Waals surface area (Å²) < 4.78 is 5.39. The third-order valence-electron chi connectivity index (χ3n) is 3.85. The van der Waals surface area contributed by atoms with Crippen LogP contribution in [0.15, 0.2) is 12.3 Å². The summed E-state index contributed by atoms with van der Waals surface area (Å²) in [4.78, 5) is 7.00. The molecule has 0 saturated carbocycles.